The highest BCUT2D eigenvalue weighted by atomic mass is 16.1. The Hall–Kier alpha value is -3.21. The van der Waals surface area contributed by atoms with Gasteiger partial charge in [0.2, 0.25) is 6.41 Å². The lowest BCUT2D eigenvalue weighted by Crippen LogP contribution is -2.29. The number of nitrogens with two attached hydrogens (primary N) is 1. The van der Waals surface area contributed by atoms with Crippen molar-refractivity contribution in [1.82, 2.24) is 10.3 Å². The number of aliphatic imine (C=N–C) groups is 1. The highest BCUT2D eigenvalue weighted by Crippen LogP contribution is 2.32. The van der Waals surface area contributed by atoms with Crippen molar-refractivity contribution in [2.24, 2.45) is 10.7 Å². The zero-order valence-electron chi connectivity index (χ0n) is 14.8. The molecule has 0 saturated carbocycles. The second kappa shape index (κ2) is 8.25. The van der Waals surface area contributed by atoms with E-state index in [1.165, 1.54) is 5.56 Å². The number of hydrogen-bond donors (Lipinski definition) is 2. The second-order valence-corrected chi connectivity index (χ2v) is 6.06. The molecule has 0 aliphatic rings. The Bertz CT molecular complexity index is 950. The molecule has 0 aliphatic heterocycles. The standard InChI is InChI=1S/C21H22N4O/c1-2-3-8-15-9-4-5-10-16(15)19-13-20(25-21(22)23-14-26)17-11-6-7-12-18(17)24-19/h4-7,9-14H,2-3,8H2,1H3,(H3,22,23,24,25,26). The van der Waals surface area contributed by atoms with Crippen LogP contribution >= 0.6 is 0 Å². The first-order valence-corrected chi connectivity index (χ1v) is 8.75. The fraction of sp³-hybridized carbons (Fsp3) is 0.190. The summed E-state index contributed by atoms with van der Waals surface area (Å²) in [6.07, 6.45) is 3.80. The first kappa shape index (κ1) is 17.6. The van der Waals surface area contributed by atoms with Crippen LogP contribution in [0, 0.1) is 0 Å². The molecular formula is C21H22N4O. The fourth-order valence-electron chi connectivity index (χ4n) is 2.97. The Kier molecular flexibility index (Phi) is 5.59. The summed E-state index contributed by atoms with van der Waals surface area (Å²) in [5.41, 5.74) is 10.5. The number of guanidine groups is 1. The number of carbonyl (C=O) groups is 1. The normalized spacial score (nSPS) is 11.5. The van der Waals surface area contributed by atoms with E-state index < -0.39 is 0 Å². The first-order valence-electron chi connectivity index (χ1n) is 8.75. The number of rotatable bonds is 6. The van der Waals surface area contributed by atoms with Crippen molar-refractivity contribution in [1.29, 1.82) is 0 Å². The molecule has 0 radical (unpaired) electrons. The molecule has 0 spiro atoms. The SMILES string of the molecule is CCCCc1ccccc1-c1cc(N=C(N)NC=O)c2ccccc2n1. The van der Waals surface area contributed by atoms with Crippen LogP contribution in [0.2, 0.25) is 0 Å². The van der Waals surface area contributed by atoms with Crippen LogP contribution in [0.1, 0.15) is 25.3 Å². The van der Waals surface area contributed by atoms with Crippen LogP contribution in [0.25, 0.3) is 22.2 Å². The minimum Gasteiger partial charge on any atom is -0.369 e. The summed E-state index contributed by atoms with van der Waals surface area (Å²) in [5.74, 6) is 0.0570. The van der Waals surface area contributed by atoms with E-state index in [1.54, 1.807) is 0 Å². The average Bonchev–Trinajstić information content (AvgIpc) is 2.66. The topological polar surface area (TPSA) is 80.4 Å². The highest BCUT2D eigenvalue weighted by Gasteiger charge is 2.10. The monoisotopic (exact) mass is 346 g/mol. The average molecular weight is 346 g/mol. The molecule has 2 aromatic carbocycles. The molecule has 0 fully saturated rings. The third kappa shape index (κ3) is 3.88. The van der Waals surface area contributed by atoms with Gasteiger partial charge >= 0.3 is 0 Å². The van der Waals surface area contributed by atoms with E-state index in [0.717, 1.165) is 41.4 Å². The molecule has 0 aliphatic carbocycles. The number of aryl methyl sites for hydroxylation is 1. The molecule has 1 heterocycles. The number of carbonyl (C=O) groups excluding carboxylic acids is 1. The number of nitrogens with zero attached hydrogens (tertiary/aromatic N) is 2. The van der Waals surface area contributed by atoms with Gasteiger partial charge in [0.25, 0.3) is 0 Å². The van der Waals surface area contributed by atoms with Gasteiger partial charge in [0.15, 0.2) is 5.96 Å². The maximum absolute atomic E-state index is 10.6. The third-order valence-electron chi connectivity index (χ3n) is 4.24. The lowest BCUT2D eigenvalue weighted by atomic mass is 9.98. The van der Waals surface area contributed by atoms with Gasteiger partial charge in [-0.2, -0.15) is 0 Å². The molecule has 0 atom stereocenters. The molecule has 0 bridgehead atoms. The smallest absolute Gasteiger partial charge is 0.213 e. The molecule has 3 N–H and O–H groups in total. The van der Waals surface area contributed by atoms with E-state index in [2.05, 4.69) is 35.4 Å². The Labute approximate surface area is 153 Å². The minimum absolute atomic E-state index is 0.0570. The third-order valence-corrected chi connectivity index (χ3v) is 4.24. The predicted octanol–water partition coefficient (Wildman–Crippen LogP) is 3.94. The summed E-state index contributed by atoms with van der Waals surface area (Å²) >= 11 is 0. The Morgan fingerprint density at radius 3 is 2.77 bits per heavy atom. The van der Waals surface area contributed by atoms with Gasteiger partial charge in [-0.3, -0.25) is 10.1 Å². The van der Waals surface area contributed by atoms with Crippen molar-refractivity contribution in [2.45, 2.75) is 26.2 Å². The molecule has 5 nitrogen and oxygen atoms in total. The Morgan fingerprint density at radius 1 is 1.19 bits per heavy atom. The van der Waals surface area contributed by atoms with Crippen LogP contribution in [-0.2, 0) is 11.2 Å². The first-order chi connectivity index (χ1) is 12.7. The van der Waals surface area contributed by atoms with Crippen molar-refractivity contribution in [3.05, 3.63) is 60.2 Å². The van der Waals surface area contributed by atoms with E-state index in [-0.39, 0.29) is 5.96 Å². The summed E-state index contributed by atoms with van der Waals surface area (Å²) in [6, 6.07) is 18.0. The molecule has 3 rings (SSSR count). The van der Waals surface area contributed by atoms with Crippen LogP contribution in [0.15, 0.2) is 59.6 Å². The summed E-state index contributed by atoms with van der Waals surface area (Å²) in [4.78, 5) is 19.8. The molecule has 26 heavy (non-hydrogen) atoms. The van der Waals surface area contributed by atoms with Crippen LogP contribution in [0.3, 0.4) is 0 Å². The predicted molar refractivity (Wildman–Crippen MR) is 106 cm³/mol. The summed E-state index contributed by atoms with van der Waals surface area (Å²) in [5, 5.41) is 3.27. The van der Waals surface area contributed by atoms with Gasteiger partial charge in [-0.25, -0.2) is 9.98 Å². The van der Waals surface area contributed by atoms with E-state index in [1.807, 2.05) is 36.4 Å². The number of benzene rings is 2. The summed E-state index contributed by atoms with van der Waals surface area (Å²) in [6.45, 7) is 2.19. The number of pyridine rings is 1. The van der Waals surface area contributed by atoms with Crippen LogP contribution < -0.4 is 11.1 Å². The largest absolute Gasteiger partial charge is 0.369 e. The minimum atomic E-state index is 0.0570. The lowest BCUT2D eigenvalue weighted by molar-refractivity contribution is -0.108. The number of aromatic nitrogens is 1. The highest BCUT2D eigenvalue weighted by molar-refractivity contribution is 5.97. The molecule has 5 heteroatoms. The summed E-state index contributed by atoms with van der Waals surface area (Å²) in [7, 11) is 0. The van der Waals surface area contributed by atoms with E-state index >= 15 is 0 Å². The van der Waals surface area contributed by atoms with Crippen LogP contribution in [0.4, 0.5) is 5.69 Å². The quantitative estimate of drug-likeness (QED) is 0.403. The van der Waals surface area contributed by atoms with Crippen molar-refractivity contribution >= 4 is 29.0 Å². The van der Waals surface area contributed by atoms with Gasteiger partial charge in [0.05, 0.1) is 16.9 Å². The van der Waals surface area contributed by atoms with Gasteiger partial charge in [-0.05, 0) is 30.5 Å². The van der Waals surface area contributed by atoms with Crippen molar-refractivity contribution in [3.63, 3.8) is 0 Å². The van der Waals surface area contributed by atoms with Gasteiger partial charge in [-0.1, -0.05) is 55.8 Å². The van der Waals surface area contributed by atoms with Crippen molar-refractivity contribution in [2.75, 3.05) is 0 Å². The van der Waals surface area contributed by atoms with E-state index in [9.17, 15) is 4.79 Å². The maximum Gasteiger partial charge on any atom is 0.213 e. The van der Waals surface area contributed by atoms with Crippen molar-refractivity contribution in [3.8, 4) is 11.3 Å². The molecule has 0 unspecified atom stereocenters. The molecule has 1 aromatic heterocycles. The van der Waals surface area contributed by atoms with E-state index in [0.29, 0.717) is 12.1 Å². The molecular weight excluding hydrogens is 324 g/mol. The molecule has 132 valence electrons. The van der Waals surface area contributed by atoms with Gasteiger partial charge in [-0.15, -0.1) is 0 Å². The molecule has 3 aromatic rings. The van der Waals surface area contributed by atoms with E-state index in [4.69, 9.17) is 10.7 Å². The number of nitrogens with one attached hydrogen (secondary N) is 1. The molecule has 0 saturated heterocycles. The number of para-hydroxylation sites is 1. The van der Waals surface area contributed by atoms with Crippen LogP contribution in [-0.4, -0.2) is 17.4 Å². The van der Waals surface area contributed by atoms with Gasteiger partial charge in [0.1, 0.15) is 0 Å². The lowest BCUT2D eigenvalue weighted by Gasteiger charge is -2.11. The number of unbranched alkanes of at least 4 members (excludes halogenated alkanes) is 1. The number of amides is 1. The zero-order chi connectivity index (χ0) is 18.4. The summed E-state index contributed by atoms with van der Waals surface area (Å²) < 4.78 is 0. The number of hydrogen-bond acceptors (Lipinski definition) is 3. The van der Waals surface area contributed by atoms with Crippen molar-refractivity contribution < 1.29 is 4.79 Å². The Morgan fingerprint density at radius 2 is 1.96 bits per heavy atom. The van der Waals surface area contributed by atoms with Gasteiger partial charge < -0.3 is 5.73 Å². The maximum atomic E-state index is 10.6. The Balaban J connectivity index is 2.16. The zero-order valence-corrected chi connectivity index (χ0v) is 14.8. The fourth-order valence-corrected chi connectivity index (χ4v) is 2.97. The second-order valence-electron chi connectivity index (χ2n) is 6.06. The molecule has 1 amide bonds. The van der Waals surface area contributed by atoms with Gasteiger partial charge in [0, 0.05) is 10.9 Å². The van der Waals surface area contributed by atoms with Crippen LogP contribution in [0.5, 0.6) is 0 Å². The number of fused-ring (bicyclic) bond motifs is 1.